The second-order valence-corrected chi connectivity index (χ2v) is 10.1. The summed E-state index contributed by atoms with van der Waals surface area (Å²) < 4.78 is 0. The number of imidazole rings is 1. The molecular weight excluding hydrogens is 484 g/mol. The molecule has 196 valence electrons. The minimum Gasteiger partial charge on any atom is -0.348 e. The van der Waals surface area contributed by atoms with Gasteiger partial charge in [-0.05, 0) is 66.3 Å². The number of aryl methyl sites for hydroxylation is 1. The van der Waals surface area contributed by atoms with Crippen LogP contribution in [0.4, 0.5) is 0 Å². The van der Waals surface area contributed by atoms with Gasteiger partial charge >= 0.3 is 0 Å². The highest BCUT2D eigenvalue weighted by Gasteiger charge is 2.27. The highest BCUT2D eigenvalue weighted by atomic mass is 16.1. The summed E-state index contributed by atoms with van der Waals surface area (Å²) in [4.78, 5) is 32.1. The van der Waals surface area contributed by atoms with E-state index in [4.69, 9.17) is 9.97 Å². The number of rotatable bonds is 9. The number of carbonyl (C=O) groups excluding carboxylic acids is 1. The van der Waals surface area contributed by atoms with Crippen LogP contribution in [0, 0.1) is 0 Å². The summed E-state index contributed by atoms with van der Waals surface area (Å²) in [6.07, 6.45) is 9.36. The maximum Gasteiger partial charge on any atom is 0.253 e. The van der Waals surface area contributed by atoms with E-state index in [-0.39, 0.29) is 11.9 Å². The molecule has 0 bridgehead atoms. The van der Waals surface area contributed by atoms with Gasteiger partial charge in [0.15, 0.2) is 0 Å². The number of nitrogens with one attached hydrogen (secondary N) is 2. The SMILES string of the molecule is O=C(NCc1ccc(CN(CCc2nc3ccccc3[nH]2)C2CCCc3cccnc32)cc1)c1cccnc1. The van der Waals surface area contributed by atoms with E-state index in [0.29, 0.717) is 12.1 Å². The molecule has 5 aromatic rings. The lowest BCUT2D eigenvalue weighted by Crippen LogP contribution is -2.33. The van der Waals surface area contributed by atoms with Crippen molar-refractivity contribution < 1.29 is 4.79 Å². The third-order valence-corrected chi connectivity index (χ3v) is 7.47. The Hall–Kier alpha value is -4.36. The first-order valence-electron chi connectivity index (χ1n) is 13.6. The van der Waals surface area contributed by atoms with Crippen molar-refractivity contribution in [3.05, 3.63) is 125 Å². The predicted octanol–water partition coefficient (Wildman–Crippen LogP) is 5.41. The molecule has 1 aliphatic rings. The lowest BCUT2D eigenvalue weighted by Gasteiger charge is -2.35. The van der Waals surface area contributed by atoms with Crippen LogP contribution in [0.5, 0.6) is 0 Å². The molecule has 1 atom stereocenters. The summed E-state index contributed by atoms with van der Waals surface area (Å²) in [6.45, 7) is 2.18. The number of hydrogen-bond donors (Lipinski definition) is 2. The van der Waals surface area contributed by atoms with Gasteiger partial charge in [0.2, 0.25) is 0 Å². The van der Waals surface area contributed by atoms with Crippen molar-refractivity contribution in [3.63, 3.8) is 0 Å². The Balaban J connectivity index is 1.17. The maximum absolute atomic E-state index is 12.4. The molecule has 39 heavy (non-hydrogen) atoms. The van der Waals surface area contributed by atoms with Gasteiger partial charge in [0.25, 0.3) is 5.91 Å². The Labute approximate surface area is 228 Å². The van der Waals surface area contributed by atoms with Crippen LogP contribution in [0.3, 0.4) is 0 Å². The van der Waals surface area contributed by atoms with Crippen LogP contribution in [0.2, 0.25) is 0 Å². The van der Waals surface area contributed by atoms with E-state index < -0.39 is 0 Å². The largest absolute Gasteiger partial charge is 0.348 e. The minimum atomic E-state index is -0.118. The van der Waals surface area contributed by atoms with Gasteiger partial charge in [-0.3, -0.25) is 19.7 Å². The molecule has 1 aliphatic carbocycles. The summed E-state index contributed by atoms with van der Waals surface area (Å²) in [5.74, 6) is 0.894. The van der Waals surface area contributed by atoms with E-state index in [9.17, 15) is 4.79 Å². The molecule has 7 nitrogen and oxygen atoms in total. The highest BCUT2D eigenvalue weighted by Crippen LogP contribution is 2.34. The Kier molecular flexibility index (Phi) is 7.41. The first-order chi connectivity index (χ1) is 19.2. The third kappa shape index (κ3) is 5.89. The molecule has 0 spiro atoms. The molecule has 0 fully saturated rings. The van der Waals surface area contributed by atoms with Crippen LogP contribution < -0.4 is 5.32 Å². The number of aromatic amines is 1. The molecule has 3 aromatic heterocycles. The number of nitrogens with zero attached hydrogens (tertiary/aromatic N) is 4. The van der Waals surface area contributed by atoms with Crippen molar-refractivity contribution in [2.24, 2.45) is 0 Å². The topological polar surface area (TPSA) is 86.8 Å². The molecule has 1 unspecified atom stereocenters. The fourth-order valence-electron chi connectivity index (χ4n) is 5.44. The van der Waals surface area contributed by atoms with Crippen LogP contribution in [0.15, 0.2) is 91.4 Å². The van der Waals surface area contributed by atoms with Gasteiger partial charge < -0.3 is 10.3 Å². The number of aromatic nitrogens is 4. The summed E-state index contributed by atoms with van der Waals surface area (Å²) in [6, 6.07) is 24.8. The number of hydrogen-bond acceptors (Lipinski definition) is 5. The quantitative estimate of drug-likeness (QED) is 0.274. The van der Waals surface area contributed by atoms with Crippen LogP contribution >= 0.6 is 0 Å². The second-order valence-electron chi connectivity index (χ2n) is 10.1. The van der Waals surface area contributed by atoms with Crippen molar-refractivity contribution in [2.75, 3.05) is 6.54 Å². The zero-order valence-corrected chi connectivity index (χ0v) is 21.9. The Morgan fingerprint density at radius 2 is 1.82 bits per heavy atom. The standard InChI is InChI=1S/C32H32N6O/c39-32(26-8-4-17-33-21-26)35-20-23-12-14-24(15-13-23)22-38(29-11-3-6-25-7-5-18-34-31(25)29)19-16-30-36-27-9-1-2-10-28(27)37-30/h1-2,4-5,7-10,12-15,17-18,21,29H,3,6,11,16,19-20,22H2,(H,35,39)(H,36,37). The minimum absolute atomic E-state index is 0.118. The number of fused-ring (bicyclic) bond motifs is 2. The van der Waals surface area contributed by atoms with E-state index in [0.717, 1.165) is 54.8 Å². The first kappa shape index (κ1) is 24.9. The lowest BCUT2D eigenvalue weighted by molar-refractivity contribution is 0.0950. The van der Waals surface area contributed by atoms with Crippen molar-refractivity contribution in [3.8, 4) is 0 Å². The Morgan fingerprint density at radius 1 is 0.974 bits per heavy atom. The van der Waals surface area contributed by atoms with Gasteiger partial charge in [-0.1, -0.05) is 42.5 Å². The van der Waals surface area contributed by atoms with Gasteiger partial charge in [0.1, 0.15) is 5.82 Å². The van der Waals surface area contributed by atoms with Gasteiger partial charge in [0, 0.05) is 44.6 Å². The van der Waals surface area contributed by atoms with E-state index in [1.807, 2.05) is 24.4 Å². The third-order valence-electron chi connectivity index (χ3n) is 7.47. The second kappa shape index (κ2) is 11.6. The number of amides is 1. The van der Waals surface area contributed by atoms with Gasteiger partial charge in [-0.25, -0.2) is 4.98 Å². The number of pyridine rings is 2. The van der Waals surface area contributed by atoms with Gasteiger partial charge in [-0.2, -0.15) is 0 Å². The molecular formula is C32H32N6O. The highest BCUT2D eigenvalue weighted by molar-refractivity contribution is 5.93. The zero-order valence-electron chi connectivity index (χ0n) is 21.9. The van der Waals surface area contributed by atoms with Crippen molar-refractivity contribution in [2.45, 2.75) is 44.8 Å². The molecule has 3 heterocycles. The van der Waals surface area contributed by atoms with Crippen LogP contribution in [-0.4, -0.2) is 37.3 Å². The molecule has 6 rings (SSSR count). The molecule has 2 N–H and O–H groups in total. The van der Waals surface area contributed by atoms with E-state index in [1.54, 1.807) is 24.5 Å². The summed E-state index contributed by atoms with van der Waals surface area (Å²) in [5, 5.41) is 2.98. The van der Waals surface area contributed by atoms with E-state index in [1.165, 1.54) is 23.2 Å². The van der Waals surface area contributed by atoms with Crippen LogP contribution in [0.1, 0.15) is 57.5 Å². The van der Waals surface area contributed by atoms with Gasteiger partial charge in [0.05, 0.1) is 28.3 Å². The summed E-state index contributed by atoms with van der Waals surface area (Å²) in [7, 11) is 0. The number of carbonyl (C=O) groups is 1. The molecule has 7 heteroatoms. The average molecular weight is 517 g/mol. The Bertz CT molecular complexity index is 1510. The molecule has 0 aliphatic heterocycles. The molecule has 1 amide bonds. The summed E-state index contributed by atoms with van der Waals surface area (Å²) in [5.41, 5.74) is 7.53. The van der Waals surface area contributed by atoms with E-state index in [2.05, 4.69) is 62.6 Å². The molecule has 2 aromatic carbocycles. The average Bonchev–Trinajstić information content (AvgIpc) is 3.42. The van der Waals surface area contributed by atoms with Crippen molar-refractivity contribution >= 4 is 16.9 Å². The number of H-pyrrole nitrogens is 1. The van der Waals surface area contributed by atoms with Crippen molar-refractivity contribution in [1.82, 2.24) is 30.2 Å². The zero-order chi connectivity index (χ0) is 26.4. The fourth-order valence-corrected chi connectivity index (χ4v) is 5.44. The maximum atomic E-state index is 12.4. The predicted molar refractivity (Wildman–Crippen MR) is 152 cm³/mol. The molecule has 0 radical (unpaired) electrons. The number of benzene rings is 2. The first-order valence-corrected chi connectivity index (χ1v) is 13.6. The van der Waals surface area contributed by atoms with Gasteiger partial charge in [-0.15, -0.1) is 0 Å². The summed E-state index contributed by atoms with van der Waals surface area (Å²) >= 11 is 0. The van der Waals surface area contributed by atoms with Crippen LogP contribution in [-0.2, 0) is 25.9 Å². The Morgan fingerprint density at radius 3 is 2.67 bits per heavy atom. The van der Waals surface area contributed by atoms with E-state index >= 15 is 0 Å². The molecule has 0 saturated heterocycles. The normalized spacial score (nSPS) is 14.8. The van der Waals surface area contributed by atoms with Crippen LogP contribution in [0.25, 0.3) is 11.0 Å². The number of para-hydroxylation sites is 2. The molecule has 0 saturated carbocycles. The smallest absolute Gasteiger partial charge is 0.253 e. The lowest BCUT2D eigenvalue weighted by atomic mass is 9.90. The van der Waals surface area contributed by atoms with Crippen molar-refractivity contribution in [1.29, 1.82) is 0 Å². The monoisotopic (exact) mass is 516 g/mol. The fraction of sp³-hybridized carbons (Fsp3) is 0.250.